The number of thiophene rings is 1. The van der Waals surface area contributed by atoms with Gasteiger partial charge in [0.15, 0.2) is 0 Å². The van der Waals surface area contributed by atoms with Crippen LogP contribution in [0.4, 0.5) is 4.79 Å². The SMILES string of the molecule is CCN(CC)C(=O)N1CCC[C@@H](C(=O)N[C@@H](c2cccs2)C(C)C)C1. The Kier molecular flexibility index (Phi) is 7.29. The van der Waals surface area contributed by atoms with Crippen molar-refractivity contribution in [3.05, 3.63) is 22.4 Å². The summed E-state index contributed by atoms with van der Waals surface area (Å²) in [6.07, 6.45) is 1.74. The topological polar surface area (TPSA) is 52.7 Å². The predicted molar refractivity (Wildman–Crippen MR) is 103 cm³/mol. The van der Waals surface area contributed by atoms with Crippen molar-refractivity contribution >= 4 is 23.3 Å². The van der Waals surface area contributed by atoms with Crippen LogP contribution in [0.1, 0.15) is 51.5 Å². The molecule has 2 rings (SSSR count). The standard InChI is InChI=1S/C19H31N3O2S/c1-5-21(6-2)19(24)22-11-7-9-15(13-22)18(23)20-17(14(3)4)16-10-8-12-25-16/h8,10,12,14-15,17H,5-7,9,11,13H2,1-4H3,(H,20,23)/t15-,17-/m1/s1. The summed E-state index contributed by atoms with van der Waals surface area (Å²) in [5, 5.41) is 5.27. The number of rotatable bonds is 6. The minimum absolute atomic E-state index is 0.0429. The largest absolute Gasteiger partial charge is 0.348 e. The lowest BCUT2D eigenvalue weighted by Gasteiger charge is -2.36. The number of nitrogens with one attached hydrogen (secondary N) is 1. The fraction of sp³-hybridized carbons (Fsp3) is 0.684. The van der Waals surface area contributed by atoms with Crippen LogP contribution < -0.4 is 5.32 Å². The van der Waals surface area contributed by atoms with Gasteiger partial charge in [-0.25, -0.2) is 4.79 Å². The van der Waals surface area contributed by atoms with E-state index in [0.29, 0.717) is 25.6 Å². The summed E-state index contributed by atoms with van der Waals surface area (Å²) in [7, 11) is 0. The number of hydrogen-bond donors (Lipinski definition) is 1. The fourth-order valence-corrected chi connectivity index (χ4v) is 4.31. The highest BCUT2D eigenvalue weighted by Gasteiger charge is 2.31. The molecule has 2 atom stereocenters. The van der Waals surface area contributed by atoms with E-state index in [9.17, 15) is 9.59 Å². The molecule has 0 bridgehead atoms. The molecule has 0 radical (unpaired) electrons. The van der Waals surface area contributed by atoms with Crippen LogP contribution in [0.5, 0.6) is 0 Å². The van der Waals surface area contributed by atoms with Gasteiger partial charge in [0.25, 0.3) is 0 Å². The van der Waals surface area contributed by atoms with Crippen LogP contribution >= 0.6 is 11.3 Å². The van der Waals surface area contributed by atoms with Crippen LogP contribution in [0.3, 0.4) is 0 Å². The molecule has 0 unspecified atom stereocenters. The van der Waals surface area contributed by atoms with E-state index in [1.54, 1.807) is 11.3 Å². The molecule has 0 saturated carbocycles. The maximum absolute atomic E-state index is 12.8. The Balaban J connectivity index is 2.00. The van der Waals surface area contributed by atoms with Gasteiger partial charge in [-0.3, -0.25) is 4.79 Å². The van der Waals surface area contributed by atoms with Crippen LogP contribution in [0, 0.1) is 11.8 Å². The van der Waals surface area contributed by atoms with E-state index in [1.807, 2.05) is 35.1 Å². The molecule has 1 saturated heterocycles. The van der Waals surface area contributed by atoms with Crippen molar-refractivity contribution in [2.45, 2.75) is 46.6 Å². The van der Waals surface area contributed by atoms with Gasteiger partial charge in [0.2, 0.25) is 5.91 Å². The van der Waals surface area contributed by atoms with Crippen LogP contribution in [0.2, 0.25) is 0 Å². The Labute approximate surface area is 155 Å². The predicted octanol–water partition coefficient (Wildman–Crippen LogP) is 3.74. The molecule has 25 heavy (non-hydrogen) atoms. The third-order valence-electron chi connectivity index (χ3n) is 4.91. The molecule has 1 aromatic rings. The number of likely N-dealkylation sites (tertiary alicyclic amines) is 1. The Morgan fingerprint density at radius 1 is 1.36 bits per heavy atom. The Morgan fingerprint density at radius 3 is 2.64 bits per heavy atom. The second-order valence-electron chi connectivity index (χ2n) is 6.99. The van der Waals surface area contributed by atoms with Gasteiger partial charge in [-0.1, -0.05) is 19.9 Å². The van der Waals surface area contributed by atoms with E-state index in [2.05, 4.69) is 25.2 Å². The number of piperidine rings is 1. The lowest BCUT2D eigenvalue weighted by Crippen LogP contribution is -2.50. The molecule has 5 nitrogen and oxygen atoms in total. The number of carbonyl (C=O) groups is 2. The van der Waals surface area contributed by atoms with Gasteiger partial charge in [-0.2, -0.15) is 0 Å². The van der Waals surface area contributed by atoms with Crippen molar-refractivity contribution in [3.63, 3.8) is 0 Å². The quantitative estimate of drug-likeness (QED) is 0.835. The summed E-state index contributed by atoms with van der Waals surface area (Å²) in [5.41, 5.74) is 0. The summed E-state index contributed by atoms with van der Waals surface area (Å²) in [4.78, 5) is 30.3. The zero-order valence-electron chi connectivity index (χ0n) is 15.8. The van der Waals surface area contributed by atoms with Crippen LogP contribution in [-0.2, 0) is 4.79 Å². The van der Waals surface area contributed by atoms with Crippen molar-refractivity contribution in [2.75, 3.05) is 26.2 Å². The van der Waals surface area contributed by atoms with Gasteiger partial charge in [0.1, 0.15) is 0 Å². The summed E-state index contributed by atoms with van der Waals surface area (Å²) >= 11 is 1.68. The molecule has 0 spiro atoms. The average molecular weight is 366 g/mol. The van der Waals surface area contributed by atoms with Crippen LogP contribution in [-0.4, -0.2) is 47.9 Å². The number of amides is 3. The third kappa shape index (κ3) is 4.97. The van der Waals surface area contributed by atoms with Crippen molar-refractivity contribution in [1.29, 1.82) is 0 Å². The molecule has 0 aromatic carbocycles. The van der Waals surface area contributed by atoms with Gasteiger partial charge in [-0.05, 0) is 44.1 Å². The molecular formula is C19H31N3O2S. The first-order valence-electron chi connectivity index (χ1n) is 9.35. The van der Waals surface area contributed by atoms with E-state index < -0.39 is 0 Å². The molecule has 0 aliphatic carbocycles. The smallest absolute Gasteiger partial charge is 0.320 e. The van der Waals surface area contributed by atoms with Crippen LogP contribution in [0.15, 0.2) is 17.5 Å². The molecule has 1 fully saturated rings. The van der Waals surface area contributed by atoms with Crippen molar-refractivity contribution in [2.24, 2.45) is 11.8 Å². The van der Waals surface area contributed by atoms with Crippen LogP contribution in [0.25, 0.3) is 0 Å². The molecule has 140 valence electrons. The number of urea groups is 1. The normalized spacial score (nSPS) is 18.9. The monoisotopic (exact) mass is 365 g/mol. The molecule has 1 aliphatic rings. The molecule has 1 aromatic heterocycles. The van der Waals surface area contributed by atoms with Gasteiger partial charge in [0.05, 0.1) is 12.0 Å². The number of nitrogens with zero attached hydrogens (tertiary/aromatic N) is 2. The third-order valence-corrected chi connectivity index (χ3v) is 5.87. The van der Waals surface area contributed by atoms with Gasteiger partial charge < -0.3 is 15.1 Å². The van der Waals surface area contributed by atoms with Gasteiger partial charge in [0, 0.05) is 31.1 Å². The second kappa shape index (κ2) is 9.22. The van der Waals surface area contributed by atoms with E-state index in [4.69, 9.17) is 0 Å². The minimum atomic E-state index is -0.116. The molecular weight excluding hydrogens is 334 g/mol. The Bertz CT molecular complexity index is 555. The minimum Gasteiger partial charge on any atom is -0.348 e. The maximum Gasteiger partial charge on any atom is 0.320 e. The lowest BCUT2D eigenvalue weighted by atomic mass is 9.95. The zero-order chi connectivity index (χ0) is 18.4. The van der Waals surface area contributed by atoms with Crippen molar-refractivity contribution in [3.8, 4) is 0 Å². The van der Waals surface area contributed by atoms with E-state index >= 15 is 0 Å². The first-order valence-corrected chi connectivity index (χ1v) is 10.2. The zero-order valence-corrected chi connectivity index (χ0v) is 16.6. The molecule has 1 aliphatic heterocycles. The molecule has 2 heterocycles. The second-order valence-corrected chi connectivity index (χ2v) is 7.96. The first-order chi connectivity index (χ1) is 12.0. The highest BCUT2D eigenvalue weighted by atomic mass is 32.1. The first kappa shape index (κ1) is 19.8. The van der Waals surface area contributed by atoms with E-state index in [-0.39, 0.29) is 23.9 Å². The maximum atomic E-state index is 12.8. The summed E-state index contributed by atoms with van der Waals surface area (Å²) in [6.45, 7) is 10.9. The van der Waals surface area contributed by atoms with Gasteiger partial charge in [-0.15, -0.1) is 11.3 Å². The Hall–Kier alpha value is -1.56. The highest BCUT2D eigenvalue weighted by Crippen LogP contribution is 2.27. The van der Waals surface area contributed by atoms with E-state index in [1.165, 1.54) is 4.88 Å². The molecule has 6 heteroatoms. The lowest BCUT2D eigenvalue weighted by molar-refractivity contribution is -0.127. The molecule has 1 N–H and O–H groups in total. The fourth-order valence-electron chi connectivity index (χ4n) is 3.36. The highest BCUT2D eigenvalue weighted by molar-refractivity contribution is 7.10. The Morgan fingerprint density at radius 2 is 2.08 bits per heavy atom. The number of hydrogen-bond acceptors (Lipinski definition) is 3. The van der Waals surface area contributed by atoms with Gasteiger partial charge >= 0.3 is 6.03 Å². The van der Waals surface area contributed by atoms with Crippen molar-refractivity contribution in [1.82, 2.24) is 15.1 Å². The summed E-state index contributed by atoms with van der Waals surface area (Å²) < 4.78 is 0. The average Bonchev–Trinajstić information content (AvgIpc) is 3.14. The summed E-state index contributed by atoms with van der Waals surface area (Å²) in [5.74, 6) is 0.290. The summed E-state index contributed by atoms with van der Waals surface area (Å²) in [6, 6.07) is 4.20. The van der Waals surface area contributed by atoms with Crippen molar-refractivity contribution < 1.29 is 9.59 Å². The number of carbonyl (C=O) groups excluding carboxylic acids is 2. The van der Waals surface area contributed by atoms with E-state index in [0.717, 1.165) is 19.4 Å². The molecule has 3 amide bonds.